The number of amides is 1. The van der Waals surface area contributed by atoms with Crippen LogP contribution in [0, 0.1) is 5.92 Å². The Labute approximate surface area is 161 Å². The number of carbonyl (C=O) groups excluding carboxylic acids is 1. The smallest absolute Gasteiger partial charge is 0.261 e. The zero-order valence-corrected chi connectivity index (χ0v) is 16.6. The molecule has 0 aliphatic carbocycles. The predicted molar refractivity (Wildman–Crippen MR) is 104 cm³/mol. The fraction of sp³-hybridized carbons (Fsp3) is 0.188. The van der Waals surface area contributed by atoms with Gasteiger partial charge in [-0.25, -0.2) is 22.0 Å². The Bertz CT molecular complexity index is 1100. The van der Waals surface area contributed by atoms with Crippen molar-refractivity contribution in [2.45, 2.75) is 21.6 Å². The summed E-state index contributed by atoms with van der Waals surface area (Å²) in [5, 5.41) is 7.76. The van der Waals surface area contributed by atoms with Crippen molar-refractivity contribution in [3.63, 3.8) is 0 Å². The average molecular weight is 428 g/mol. The highest BCUT2D eigenvalue weighted by Crippen LogP contribution is 2.34. The van der Waals surface area contributed by atoms with Crippen molar-refractivity contribution in [3.8, 4) is 0 Å². The number of hydrogen-bond acceptors (Lipinski definition) is 6. The number of sulfonamides is 2. The van der Waals surface area contributed by atoms with Crippen LogP contribution in [-0.2, 0) is 24.8 Å². The maximum absolute atomic E-state index is 12.6. The van der Waals surface area contributed by atoms with Crippen LogP contribution in [0.5, 0.6) is 0 Å². The van der Waals surface area contributed by atoms with Crippen molar-refractivity contribution in [2.24, 2.45) is 11.1 Å². The van der Waals surface area contributed by atoms with Crippen LogP contribution in [0.4, 0.5) is 11.4 Å². The number of rotatable bonds is 4. The fourth-order valence-electron chi connectivity index (χ4n) is 2.37. The fourth-order valence-corrected chi connectivity index (χ4v) is 4.98. The molecule has 0 fully saturated rings. The molecule has 1 amide bonds. The topological polar surface area (TPSA) is 135 Å². The second kappa shape index (κ2) is 7.15. The molecule has 144 valence electrons. The van der Waals surface area contributed by atoms with Crippen LogP contribution < -0.4 is 15.2 Å². The van der Waals surface area contributed by atoms with Crippen molar-refractivity contribution in [1.82, 2.24) is 0 Å². The molecule has 0 spiro atoms. The van der Waals surface area contributed by atoms with E-state index in [2.05, 4.69) is 10.0 Å². The molecule has 27 heavy (non-hydrogen) atoms. The number of anilines is 2. The molecule has 2 aromatic rings. The second-order valence-corrected chi connectivity index (χ2v) is 10.3. The van der Waals surface area contributed by atoms with E-state index in [1.165, 1.54) is 48.2 Å². The van der Waals surface area contributed by atoms with E-state index in [1.54, 1.807) is 13.0 Å². The summed E-state index contributed by atoms with van der Waals surface area (Å²) < 4.78 is 50.2. The second-order valence-electron chi connectivity index (χ2n) is 6.03. The molecule has 0 saturated heterocycles. The lowest BCUT2D eigenvalue weighted by molar-refractivity contribution is -0.118. The summed E-state index contributed by atoms with van der Waals surface area (Å²) in [6.45, 7) is 1.80. The lowest BCUT2D eigenvalue weighted by atomic mass is 10.2. The Morgan fingerprint density at radius 2 is 1.70 bits per heavy atom. The van der Waals surface area contributed by atoms with Gasteiger partial charge in [0.2, 0.25) is 15.9 Å². The molecular weight excluding hydrogens is 410 g/mol. The van der Waals surface area contributed by atoms with Gasteiger partial charge in [0.05, 0.1) is 15.5 Å². The summed E-state index contributed by atoms with van der Waals surface area (Å²) in [4.78, 5) is 12.6. The zero-order chi connectivity index (χ0) is 19.8. The Balaban J connectivity index is 1.87. The first-order chi connectivity index (χ1) is 12.6. The van der Waals surface area contributed by atoms with Gasteiger partial charge < -0.3 is 5.32 Å². The number of hydrogen-bond donors (Lipinski definition) is 3. The maximum atomic E-state index is 12.6. The van der Waals surface area contributed by atoms with E-state index in [0.29, 0.717) is 11.4 Å². The first-order valence-corrected chi connectivity index (χ1v) is 11.8. The first kappa shape index (κ1) is 19.7. The minimum atomic E-state index is -3.93. The molecule has 1 aliphatic heterocycles. The summed E-state index contributed by atoms with van der Waals surface area (Å²) in [7, 11) is -7.79. The molecule has 8 nitrogen and oxygen atoms in total. The van der Waals surface area contributed by atoms with Crippen LogP contribution in [0.25, 0.3) is 0 Å². The molecular formula is C16H17N3O5S3. The van der Waals surface area contributed by atoms with Gasteiger partial charge in [0.25, 0.3) is 10.0 Å². The van der Waals surface area contributed by atoms with Crippen molar-refractivity contribution < 1.29 is 21.6 Å². The van der Waals surface area contributed by atoms with Crippen LogP contribution in [0.1, 0.15) is 6.92 Å². The Kier molecular flexibility index (Phi) is 5.21. The van der Waals surface area contributed by atoms with Gasteiger partial charge in [0.15, 0.2) is 0 Å². The van der Waals surface area contributed by atoms with E-state index in [4.69, 9.17) is 5.14 Å². The van der Waals surface area contributed by atoms with E-state index in [1.807, 2.05) is 0 Å². The SMILES string of the molecule is C[C@H]1CSc2ccc(S(=O)(=O)Nc3ccc(S(N)(=O)=O)cc3)cc2NC1=O. The molecule has 3 rings (SSSR count). The molecule has 0 radical (unpaired) electrons. The Hall–Kier alpha value is -2.08. The molecule has 0 unspecified atom stereocenters. The van der Waals surface area contributed by atoms with Gasteiger partial charge in [-0.05, 0) is 42.5 Å². The summed E-state index contributed by atoms with van der Waals surface area (Å²) in [5.41, 5.74) is 0.631. The molecule has 0 bridgehead atoms. The van der Waals surface area contributed by atoms with Gasteiger partial charge in [0, 0.05) is 22.3 Å². The van der Waals surface area contributed by atoms with Crippen molar-refractivity contribution in [3.05, 3.63) is 42.5 Å². The summed E-state index contributed by atoms with van der Waals surface area (Å²) in [6.07, 6.45) is 0. The number of carbonyl (C=O) groups is 1. The lowest BCUT2D eigenvalue weighted by Gasteiger charge is -2.12. The van der Waals surface area contributed by atoms with Gasteiger partial charge in [0.1, 0.15) is 0 Å². The van der Waals surface area contributed by atoms with Gasteiger partial charge in [-0.1, -0.05) is 6.92 Å². The predicted octanol–water partition coefficient (Wildman–Crippen LogP) is 1.82. The molecule has 1 aliphatic rings. The van der Waals surface area contributed by atoms with Crippen molar-refractivity contribution in [2.75, 3.05) is 15.8 Å². The molecule has 11 heteroatoms. The van der Waals surface area contributed by atoms with Gasteiger partial charge >= 0.3 is 0 Å². The van der Waals surface area contributed by atoms with E-state index in [0.717, 1.165) is 4.90 Å². The van der Waals surface area contributed by atoms with Crippen LogP contribution in [0.2, 0.25) is 0 Å². The highest BCUT2D eigenvalue weighted by atomic mass is 32.2. The normalized spacial score (nSPS) is 17.6. The molecule has 4 N–H and O–H groups in total. The third kappa shape index (κ3) is 4.43. The van der Waals surface area contributed by atoms with Gasteiger partial charge in [-0.2, -0.15) is 0 Å². The minimum Gasteiger partial charge on any atom is -0.325 e. The molecule has 0 saturated carbocycles. The number of thioether (sulfide) groups is 1. The van der Waals surface area contributed by atoms with E-state index in [9.17, 15) is 21.6 Å². The third-order valence-corrected chi connectivity index (χ3v) is 7.53. The number of nitrogens with one attached hydrogen (secondary N) is 2. The average Bonchev–Trinajstić information content (AvgIpc) is 2.72. The third-order valence-electron chi connectivity index (χ3n) is 3.89. The molecule has 0 aromatic heterocycles. The largest absolute Gasteiger partial charge is 0.325 e. The standard InChI is InChI=1S/C16H17N3O5S3/c1-10-9-25-15-7-6-13(8-14(15)18-16(10)20)27(23,24)19-11-2-4-12(5-3-11)26(17,21)22/h2-8,10,19H,9H2,1H3,(H,18,20)(H2,17,21,22)/t10-/m0/s1. The number of nitrogens with two attached hydrogens (primary N) is 1. The van der Waals surface area contributed by atoms with Crippen molar-refractivity contribution >= 4 is 49.1 Å². The Morgan fingerprint density at radius 1 is 1.07 bits per heavy atom. The number of fused-ring (bicyclic) bond motifs is 1. The quantitative estimate of drug-likeness (QED) is 0.681. The summed E-state index contributed by atoms with van der Waals surface area (Å²) in [5.74, 6) is 0.264. The van der Waals surface area contributed by atoms with Crippen molar-refractivity contribution in [1.29, 1.82) is 0 Å². The monoisotopic (exact) mass is 427 g/mol. The van der Waals surface area contributed by atoms with E-state index >= 15 is 0 Å². The molecule has 2 aromatic carbocycles. The van der Waals surface area contributed by atoms with Crippen LogP contribution in [0.15, 0.2) is 57.2 Å². The molecule has 1 heterocycles. The highest BCUT2D eigenvalue weighted by molar-refractivity contribution is 7.99. The first-order valence-electron chi connectivity index (χ1n) is 7.80. The minimum absolute atomic E-state index is 0.0211. The molecule has 1 atom stereocenters. The van der Waals surface area contributed by atoms with Crippen LogP contribution >= 0.6 is 11.8 Å². The summed E-state index contributed by atoms with van der Waals surface area (Å²) in [6, 6.07) is 9.54. The number of primary sulfonamides is 1. The summed E-state index contributed by atoms with van der Waals surface area (Å²) >= 11 is 1.48. The maximum Gasteiger partial charge on any atom is 0.261 e. The van der Waals surface area contributed by atoms with E-state index < -0.39 is 20.0 Å². The van der Waals surface area contributed by atoms with E-state index in [-0.39, 0.29) is 27.3 Å². The van der Waals surface area contributed by atoms with Crippen LogP contribution in [-0.4, -0.2) is 28.5 Å². The highest BCUT2D eigenvalue weighted by Gasteiger charge is 2.23. The Morgan fingerprint density at radius 3 is 2.33 bits per heavy atom. The zero-order valence-electron chi connectivity index (χ0n) is 14.2. The number of benzene rings is 2. The van der Waals surface area contributed by atoms with Gasteiger partial charge in [-0.15, -0.1) is 11.8 Å². The van der Waals surface area contributed by atoms with Crippen LogP contribution in [0.3, 0.4) is 0 Å². The van der Waals surface area contributed by atoms with Gasteiger partial charge in [-0.3, -0.25) is 9.52 Å². The lowest BCUT2D eigenvalue weighted by Crippen LogP contribution is -2.20.